The number of nitrogens with two attached hydrogens (primary N) is 1. The molecule has 3 rings (SSSR count). The highest BCUT2D eigenvalue weighted by molar-refractivity contribution is 9.12. The van der Waals surface area contributed by atoms with Crippen LogP contribution >= 0.6 is 15.9 Å². The normalized spacial score (nSPS) is 24.9. The van der Waals surface area contributed by atoms with E-state index in [9.17, 15) is 4.79 Å². The fourth-order valence-electron chi connectivity index (χ4n) is 3.93. The first-order valence-corrected chi connectivity index (χ1v) is 8.11. The van der Waals surface area contributed by atoms with Gasteiger partial charge in [0.1, 0.15) is 0 Å². The summed E-state index contributed by atoms with van der Waals surface area (Å²) < 4.78 is 0.806. The SMILES string of the molecule is CCCC12CCC(=O)C(Br)=C1c1ccc(N)c(C)c1C2. The minimum Gasteiger partial charge on any atom is -0.399 e. The Morgan fingerprint density at radius 3 is 2.85 bits per heavy atom. The first-order chi connectivity index (χ1) is 9.50. The summed E-state index contributed by atoms with van der Waals surface area (Å²) in [7, 11) is 0. The second-order valence-corrected chi connectivity index (χ2v) is 6.92. The van der Waals surface area contributed by atoms with E-state index < -0.39 is 0 Å². The summed E-state index contributed by atoms with van der Waals surface area (Å²) in [5.41, 5.74) is 12.1. The Balaban J connectivity index is 2.26. The van der Waals surface area contributed by atoms with Crippen LogP contribution < -0.4 is 5.73 Å². The molecule has 0 fully saturated rings. The van der Waals surface area contributed by atoms with Gasteiger partial charge in [-0.15, -0.1) is 0 Å². The van der Waals surface area contributed by atoms with Crippen LogP contribution in [-0.4, -0.2) is 5.78 Å². The summed E-state index contributed by atoms with van der Waals surface area (Å²) >= 11 is 3.58. The van der Waals surface area contributed by atoms with E-state index in [4.69, 9.17) is 5.73 Å². The number of carbonyl (C=O) groups excluding carboxylic acids is 1. The molecule has 1 atom stereocenters. The topological polar surface area (TPSA) is 43.1 Å². The Morgan fingerprint density at radius 2 is 2.15 bits per heavy atom. The molecule has 0 bridgehead atoms. The van der Waals surface area contributed by atoms with Crippen LogP contribution in [0.4, 0.5) is 5.69 Å². The average Bonchev–Trinajstić information content (AvgIpc) is 2.75. The summed E-state index contributed by atoms with van der Waals surface area (Å²) in [5, 5.41) is 0. The van der Waals surface area contributed by atoms with Crippen molar-refractivity contribution in [3.8, 4) is 0 Å². The van der Waals surface area contributed by atoms with E-state index in [0.717, 1.165) is 35.9 Å². The summed E-state index contributed by atoms with van der Waals surface area (Å²) in [6.07, 6.45) is 4.94. The Labute approximate surface area is 128 Å². The maximum atomic E-state index is 12.1. The van der Waals surface area contributed by atoms with Gasteiger partial charge < -0.3 is 5.73 Å². The number of hydrogen-bond donors (Lipinski definition) is 1. The third kappa shape index (κ3) is 1.79. The molecule has 3 heteroatoms. The van der Waals surface area contributed by atoms with Crippen molar-refractivity contribution in [1.82, 2.24) is 0 Å². The number of benzene rings is 1. The van der Waals surface area contributed by atoms with Crippen molar-refractivity contribution in [2.75, 3.05) is 5.73 Å². The Morgan fingerprint density at radius 1 is 1.40 bits per heavy atom. The molecule has 20 heavy (non-hydrogen) atoms. The van der Waals surface area contributed by atoms with Crippen molar-refractivity contribution in [2.24, 2.45) is 5.41 Å². The van der Waals surface area contributed by atoms with Crippen molar-refractivity contribution >= 4 is 33.0 Å². The number of anilines is 1. The molecule has 106 valence electrons. The maximum Gasteiger partial charge on any atom is 0.170 e. The maximum absolute atomic E-state index is 12.1. The Hall–Kier alpha value is -1.09. The van der Waals surface area contributed by atoms with Crippen LogP contribution in [0.25, 0.3) is 5.57 Å². The largest absolute Gasteiger partial charge is 0.399 e. The fraction of sp³-hybridized carbons (Fsp3) is 0.471. The van der Waals surface area contributed by atoms with Gasteiger partial charge in [-0.1, -0.05) is 19.4 Å². The van der Waals surface area contributed by atoms with Crippen LogP contribution in [-0.2, 0) is 11.2 Å². The van der Waals surface area contributed by atoms with Crippen molar-refractivity contribution in [3.63, 3.8) is 0 Å². The van der Waals surface area contributed by atoms with Crippen molar-refractivity contribution in [1.29, 1.82) is 0 Å². The molecule has 0 heterocycles. The molecule has 0 aromatic heterocycles. The van der Waals surface area contributed by atoms with Crippen LogP contribution in [0.3, 0.4) is 0 Å². The molecule has 1 aromatic carbocycles. The Bertz CT molecular complexity index is 632. The second kappa shape index (κ2) is 4.73. The number of carbonyl (C=O) groups is 1. The van der Waals surface area contributed by atoms with Gasteiger partial charge in [-0.3, -0.25) is 4.79 Å². The summed E-state index contributed by atoms with van der Waals surface area (Å²) in [5.74, 6) is 0.244. The zero-order chi connectivity index (χ0) is 14.5. The molecule has 2 aliphatic rings. The van der Waals surface area contributed by atoms with Crippen molar-refractivity contribution in [2.45, 2.75) is 46.0 Å². The van der Waals surface area contributed by atoms with Gasteiger partial charge in [0.2, 0.25) is 0 Å². The van der Waals surface area contributed by atoms with E-state index in [-0.39, 0.29) is 11.2 Å². The highest BCUT2D eigenvalue weighted by Crippen LogP contribution is 2.58. The van der Waals surface area contributed by atoms with E-state index in [1.807, 2.05) is 6.07 Å². The zero-order valence-corrected chi connectivity index (χ0v) is 13.6. The number of Topliss-reactive ketones (excluding diaryl/α,β-unsaturated/α-hetero) is 1. The lowest BCUT2D eigenvalue weighted by molar-refractivity contribution is -0.115. The van der Waals surface area contributed by atoms with Crippen molar-refractivity contribution < 1.29 is 4.79 Å². The zero-order valence-electron chi connectivity index (χ0n) is 12.1. The van der Waals surface area contributed by atoms with Crippen molar-refractivity contribution in [3.05, 3.63) is 33.3 Å². The molecule has 2 N–H and O–H groups in total. The summed E-state index contributed by atoms with van der Waals surface area (Å²) in [6.45, 7) is 4.32. The summed E-state index contributed by atoms with van der Waals surface area (Å²) in [4.78, 5) is 12.1. The quantitative estimate of drug-likeness (QED) is 0.815. The first-order valence-electron chi connectivity index (χ1n) is 7.32. The third-order valence-corrected chi connectivity index (χ3v) is 5.82. The van der Waals surface area contributed by atoms with Gasteiger partial charge in [0.25, 0.3) is 0 Å². The van der Waals surface area contributed by atoms with E-state index >= 15 is 0 Å². The number of nitrogen functional groups attached to an aromatic ring is 1. The smallest absolute Gasteiger partial charge is 0.170 e. The molecule has 0 amide bonds. The number of fused-ring (bicyclic) bond motifs is 3. The minimum atomic E-state index is 0.141. The number of halogens is 1. The monoisotopic (exact) mass is 333 g/mol. The third-order valence-electron chi connectivity index (χ3n) is 4.98. The molecule has 0 spiro atoms. The van der Waals surface area contributed by atoms with Gasteiger partial charge in [0.05, 0.1) is 4.48 Å². The highest BCUT2D eigenvalue weighted by Gasteiger charge is 2.46. The lowest BCUT2D eigenvalue weighted by atomic mass is 9.70. The molecule has 0 radical (unpaired) electrons. The van der Waals surface area contributed by atoms with E-state index in [0.29, 0.717) is 6.42 Å². The lowest BCUT2D eigenvalue weighted by Gasteiger charge is -2.35. The van der Waals surface area contributed by atoms with Gasteiger partial charge in [0.15, 0.2) is 5.78 Å². The van der Waals surface area contributed by atoms with E-state index in [1.54, 1.807) is 0 Å². The predicted octanol–water partition coefficient (Wildman–Crippen LogP) is 4.39. The molecular weight excluding hydrogens is 314 g/mol. The van der Waals surface area contributed by atoms with Gasteiger partial charge in [0, 0.05) is 17.5 Å². The molecule has 0 saturated heterocycles. The lowest BCUT2D eigenvalue weighted by Crippen LogP contribution is -2.27. The van der Waals surface area contributed by atoms with Crippen LogP contribution in [0.1, 0.15) is 49.3 Å². The van der Waals surface area contributed by atoms with Gasteiger partial charge in [-0.2, -0.15) is 0 Å². The molecule has 1 aromatic rings. The number of rotatable bonds is 2. The first kappa shape index (κ1) is 13.9. The van der Waals surface area contributed by atoms with Gasteiger partial charge in [-0.25, -0.2) is 0 Å². The molecule has 2 aliphatic carbocycles. The van der Waals surface area contributed by atoms with Gasteiger partial charge in [-0.05, 0) is 70.4 Å². The average molecular weight is 334 g/mol. The molecule has 0 aliphatic heterocycles. The molecule has 2 nitrogen and oxygen atoms in total. The van der Waals surface area contributed by atoms with Crippen LogP contribution in [0.5, 0.6) is 0 Å². The number of hydrogen-bond acceptors (Lipinski definition) is 2. The van der Waals surface area contributed by atoms with Gasteiger partial charge >= 0.3 is 0 Å². The standard InChI is InChI=1S/C17H20BrNO/c1-3-7-17-8-6-14(20)16(18)15(17)11-4-5-13(19)10(2)12(11)9-17/h4-5H,3,6-9,19H2,1-2H3. The number of ketones is 1. The highest BCUT2D eigenvalue weighted by atomic mass is 79.9. The second-order valence-electron chi connectivity index (χ2n) is 6.13. The minimum absolute atomic E-state index is 0.141. The summed E-state index contributed by atoms with van der Waals surface area (Å²) in [6, 6.07) is 4.08. The molecule has 1 unspecified atom stereocenters. The van der Waals surface area contributed by atoms with Crippen LogP contribution in [0.15, 0.2) is 16.6 Å². The fourth-order valence-corrected chi connectivity index (χ4v) is 4.77. The van der Waals surface area contributed by atoms with Crippen LogP contribution in [0.2, 0.25) is 0 Å². The number of allylic oxidation sites excluding steroid dienone is 2. The predicted molar refractivity (Wildman–Crippen MR) is 86.7 cm³/mol. The molecule has 0 saturated carbocycles. The van der Waals surface area contributed by atoms with E-state index in [2.05, 4.69) is 35.8 Å². The van der Waals surface area contributed by atoms with E-state index in [1.165, 1.54) is 22.3 Å². The Kier molecular flexibility index (Phi) is 3.28. The molecular formula is C17H20BrNO. The van der Waals surface area contributed by atoms with Crippen LogP contribution in [0, 0.1) is 12.3 Å².